The highest BCUT2D eigenvalue weighted by molar-refractivity contribution is 7.55. The lowest BCUT2D eigenvalue weighted by Gasteiger charge is -2.31. The van der Waals surface area contributed by atoms with Crippen molar-refractivity contribution in [2.45, 2.75) is 153 Å². The SMILES string of the molecule is COc1ccc(NP(=O)(OC2CCCCC2)OC2CCCCC2)cc1.COc1ccccc1NP(=O)(OC1CCCCC1)OC1CCCCC1. The van der Waals surface area contributed by atoms with Gasteiger partial charge in [-0.3, -0.25) is 28.3 Å². The van der Waals surface area contributed by atoms with Crippen molar-refractivity contribution in [2.24, 2.45) is 0 Å². The van der Waals surface area contributed by atoms with Gasteiger partial charge in [-0.2, -0.15) is 0 Å². The minimum atomic E-state index is -3.45. The number of rotatable bonds is 14. The Hall–Kier alpha value is -2.06. The number of anilines is 2. The number of para-hydroxylation sites is 2. The van der Waals surface area contributed by atoms with Gasteiger partial charge in [-0.15, -0.1) is 0 Å². The number of ether oxygens (including phenoxy) is 2. The highest BCUT2D eigenvalue weighted by Gasteiger charge is 2.36. The van der Waals surface area contributed by atoms with E-state index in [0.717, 1.165) is 114 Å². The van der Waals surface area contributed by atoms with Crippen molar-refractivity contribution in [2.75, 3.05) is 24.4 Å². The van der Waals surface area contributed by atoms with Gasteiger partial charge in [0.15, 0.2) is 0 Å². The zero-order valence-electron chi connectivity index (χ0n) is 30.2. The molecule has 0 bridgehead atoms. The average molecular weight is 735 g/mol. The molecule has 4 saturated carbocycles. The fourth-order valence-electron chi connectivity index (χ4n) is 7.33. The molecule has 0 heterocycles. The van der Waals surface area contributed by atoms with Crippen LogP contribution in [0.3, 0.4) is 0 Å². The van der Waals surface area contributed by atoms with E-state index in [1.807, 2.05) is 48.5 Å². The van der Waals surface area contributed by atoms with Gasteiger partial charge in [-0.25, -0.2) is 9.13 Å². The lowest BCUT2D eigenvalue weighted by molar-refractivity contribution is 0.0808. The van der Waals surface area contributed by atoms with Gasteiger partial charge in [-0.1, -0.05) is 89.2 Å². The van der Waals surface area contributed by atoms with E-state index in [0.29, 0.717) is 11.4 Å². The third-order valence-corrected chi connectivity index (χ3v) is 13.4. The first-order chi connectivity index (χ1) is 24.4. The second kappa shape index (κ2) is 20.3. The summed E-state index contributed by atoms with van der Waals surface area (Å²) in [6.07, 6.45) is 21.7. The Balaban J connectivity index is 0.000000194. The summed E-state index contributed by atoms with van der Waals surface area (Å²) in [5.41, 5.74) is 1.38. The van der Waals surface area contributed by atoms with E-state index in [1.54, 1.807) is 14.2 Å². The molecule has 2 aromatic rings. The Morgan fingerprint density at radius 3 is 1.24 bits per heavy atom. The predicted molar refractivity (Wildman–Crippen MR) is 200 cm³/mol. The van der Waals surface area contributed by atoms with Crippen molar-refractivity contribution in [1.29, 1.82) is 0 Å². The van der Waals surface area contributed by atoms with E-state index in [-0.39, 0.29) is 24.4 Å². The van der Waals surface area contributed by atoms with Crippen molar-refractivity contribution in [1.82, 2.24) is 0 Å². The minimum Gasteiger partial charge on any atom is -0.497 e. The van der Waals surface area contributed by atoms with Gasteiger partial charge in [0.05, 0.1) is 44.3 Å². The molecule has 2 N–H and O–H groups in total. The van der Waals surface area contributed by atoms with Crippen molar-refractivity contribution in [3.63, 3.8) is 0 Å². The van der Waals surface area contributed by atoms with Crippen LogP contribution in [0, 0.1) is 0 Å². The molecule has 0 unspecified atom stereocenters. The van der Waals surface area contributed by atoms with Crippen LogP contribution in [-0.4, -0.2) is 38.6 Å². The maximum Gasteiger partial charge on any atom is 0.433 e. The van der Waals surface area contributed by atoms with E-state index in [9.17, 15) is 9.13 Å². The first kappa shape index (κ1) is 39.2. The maximum atomic E-state index is 13.6. The van der Waals surface area contributed by atoms with E-state index in [1.165, 1.54) is 25.7 Å². The van der Waals surface area contributed by atoms with Crippen LogP contribution in [0.15, 0.2) is 48.5 Å². The number of hydrogen-bond acceptors (Lipinski definition) is 8. The van der Waals surface area contributed by atoms with Crippen LogP contribution in [0.2, 0.25) is 0 Å². The molecule has 280 valence electrons. The molecule has 4 aliphatic rings. The summed E-state index contributed by atoms with van der Waals surface area (Å²) in [5.74, 6) is 1.41. The lowest BCUT2D eigenvalue weighted by atomic mass is 9.98. The molecule has 0 radical (unpaired) electrons. The molecule has 4 aliphatic carbocycles. The molecule has 0 aliphatic heterocycles. The summed E-state index contributed by atoms with van der Waals surface area (Å²) < 4.78 is 61.8. The molecule has 0 saturated heterocycles. The van der Waals surface area contributed by atoms with Gasteiger partial charge in [0.25, 0.3) is 0 Å². The Morgan fingerprint density at radius 1 is 0.480 bits per heavy atom. The van der Waals surface area contributed by atoms with E-state index in [2.05, 4.69) is 10.2 Å². The summed E-state index contributed by atoms with van der Waals surface area (Å²) >= 11 is 0. The zero-order chi connectivity index (χ0) is 35.1. The molecule has 0 aromatic heterocycles. The van der Waals surface area contributed by atoms with Crippen LogP contribution in [0.5, 0.6) is 11.5 Å². The summed E-state index contributed by atoms with van der Waals surface area (Å²) in [7, 11) is -3.60. The molecule has 50 heavy (non-hydrogen) atoms. The number of nitrogens with one attached hydrogen (secondary N) is 2. The van der Waals surface area contributed by atoms with Crippen LogP contribution < -0.4 is 19.6 Å². The number of hydrogen-bond donors (Lipinski definition) is 2. The largest absolute Gasteiger partial charge is 0.497 e. The lowest BCUT2D eigenvalue weighted by Crippen LogP contribution is -2.23. The van der Waals surface area contributed by atoms with Gasteiger partial charge in [-0.05, 0) is 87.8 Å². The molecule has 10 nitrogen and oxygen atoms in total. The highest BCUT2D eigenvalue weighted by Crippen LogP contribution is 2.55. The van der Waals surface area contributed by atoms with Crippen molar-refractivity contribution >= 4 is 26.9 Å². The molecular weight excluding hydrogens is 674 g/mol. The molecule has 0 amide bonds. The van der Waals surface area contributed by atoms with E-state index < -0.39 is 15.5 Å². The highest BCUT2D eigenvalue weighted by atomic mass is 31.2. The van der Waals surface area contributed by atoms with Gasteiger partial charge in [0.1, 0.15) is 11.5 Å². The summed E-state index contributed by atoms with van der Waals surface area (Å²) in [6, 6.07) is 14.8. The van der Waals surface area contributed by atoms with Crippen molar-refractivity contribution < 1.29 is 36.7 Å². The third kappa shape index (κ3) is 12.9. The summed E-state index contributed by atoms with van der Waals surface area (Å²) in [6.45, 7) is 0. The monoisotopic (exact) mass is 734 g/mol. The Labute approximate surface area is 300 Å². The quantitative estimate of drug-likeness (QED) is 0.182. The van der Waals surface area contributed by atoms with Gasteiger partial charge in [0, 0.05) is 5.69 Å². The Morgan fingerprint density at radius 2 is 0.860 bits per heavy atom. The molecule has 2 aromatic carbocycles. The van der Waals surface area contributed by atoms with Crippen LogP contribution >= 0.6 is 15.5 Å². The fraction of sp³-hybridized carbons (Fsp3) is 0.684. The normalized spacial score (nSPS) is 20.4. The smallest absolute Gasteiger partial charge is 0.433 e. The fourth-order valence-corrected chi connectivity index (χ4v) is 11.0. The third-order valence-electron chi connectivity index (χ3n) is 10.1. The Kier molecular flexibility index (Phi) is 15.9. The van der Waals surface area contributed by atoms with Crippen molar-refractivity contribution in [3.8, 4) is 11.5 Å². The molecule has 0 atom stereocenters. The van der Waals surface area contributed by atoms with Gasteiger partial charge in [0.2, 0.25) is 0 Å². The van der Waals surface area contributed by atoms with Crippen LogP contribution in [0.1, 0.15) is 128 Å². The molecular formula is C38H60N2O8P2. The van der Waals surface area contributed by atoms with Gasteiger partial charge < -0.3 is 9.47 Å². The standard InChI is InChI=1S/2C19H30NO4P/c1-22-19-15-9-8-14-18(19)20-25(21,23-16-10-4-2-5-11-16)24-17-12-6-3-7-13-17;1-22-17-14-12-16(13-15-17)20-25(21,23-18-8-4-2-5-9-18)24-19-10-6-3-7-11-19/h8-9,14-17H,2-7,10-13H2,1H3,(H,20,21);12-15,18-19H,2-11H2,1H3,(H,20,21). The maximum absolute atomic E-state index is 13.6. The Bertz CT molecular complexity index is 1310. The first-order valence-corrected chi connectivity index (χ1v) is 22.2. The second-order valence-electron chi connectivity index (χ2n) is 14.1. The summed E-state index contributed by atoms with van der Waals surface area (Å²) in [4.78, 5) is 0. The van der Waals surface area contributed by atoms with Gasteiger partial charge >= 0.3 is 15.5 Å². The van der Waals surface area contributed by atoms with Crippen LogP contribution in [-0.2, 0) is 27.2 Å². The molecule has 6 rings (SSSR count). The second-order valence-corrected chi connectivity index (χ2v) is 17.4. The average Bonchev–Trinajstić information content (AvgIpc) is 3.14. The summed E-state index contributed by atoms with van der Waals surface area (Å²) in [5, 5.41) is 6.11. The topological polar surface area (TPSA) is 114 Å². The van der Waals surface area contributed by atoms with Crippen LogP contribution in [0.4, 0.5) is 11.4 Å². The molecule has 12 heteroatoms. The first-order valence-electron chi connectivity index (χ1n) is 19.1. The van der Waals surface area contributed by atoms with E-state index in [4.69, 9.17) is 27.6 Å². The predicted octanol–water partition coefficient (Wildman–Crippen LogP) is 11.8. The van der Waals surface area contributed by atoms with Crippen LogP contribution in [0.25, 0.3) is 0 Å². The zero-order valence-corrected chi connectivity index (χ0v) is 32.0. The number of benzene rings is 2. The van der Waals surface area contributed by atoms with E-state index >= 15 is 0 Å². The molecule has 0 spiro atoms. The molecule has 4 fully saturated rings. The number of methoxy groups -OCH3 is 2. The minimum absolute atomic E-state index is 0.00498. The van der Waals surface area contributed by atoms with Crippen molar-refractivity contribution in [3.05, 3.63) is 48.5 Å².